The molecule has 0 aliphatic carbocycles. The zero-order valence-electron chi connectivity index (χ0n) is 9.10. The number of ether oxygens (including phenoxy) is 1. The van der Waals surface area contributed by atoms with Gasteiger partial charge in [0.2, 0.25) is 5.89 Å². The third-order valence-corrected chi connectivity index (χ3v) is 2.03. The first-order valence-corrected chi connectivity index (χ1v) is 4.80. The molecule has 1 N–H and O–H groups in total. The third-order valence-electron chi connectivity index (χ3n) is 2.03. The monoisotopic (exact) mass is 220 g/mol. The van der Waals surface area contributed by atoms with Crippen molar-refractivity contribution < 1.29 is 9.15 Å². The van der Waals surface area contributed by atoms with Crippen LogP contribution in [0.2, 0.25) is 0 Å². The Morgan fingerprint density at radius 2 is 2.31 bits per heavy atom. The summed E-state index contributed by atoms with van der Waals surface area (Å²) in [6.07, 6.45) is 3.26. The molecular formula is C10H12N4O2. The topological polar surface area (TPSA) is 73.1 Å². The molecule has 84 valence electrons. The van der Waals surface area contributed by atoms with E-state index < -0.39 is 0 Å². The Hall–Kier alpha value is -1.95. The first-order valence-electron chi connectivity index (χ1n) is 4.80. The van der Waals surface area contributed by atoms with Crippen LogP contribution in [0.5, 0.6) is 5.75 Å². The molecule has 0 spiro atoms. The highest BCUT2D eigenvalue weighted by Crippen LogP contribution is 2.27. The number of methoxy groups -OCH3 is 1. The van der Waals surface area contributed by atoms with E-state index in [0.717, 1.165) is 5.56 Å². The van der Waals surface area contributed by atoms with E-state index in [4.69, 9.17) is 9.15 Å². The Kier molecular flexibility index (Phi) is 3.11. The normalized spacial score (nSPS) is 10.4. The van der Waals surface area contributed by atoms with E-state index in [1.807, 2.05) is 7.05 Å². The molecule has 0 unspecified atom stereocenters. The Labute approximate surface area is 92.7 Å². The average Bonchev–Trinajstić information content (AvgIpc) is 2.78. The molecule has 0 bridgehead atoms. The van der Waals surface area contributed by atoms with Gasteiger partial charge in [-0.1, -0.05) is 0 Å². The number of rotatable bonds is 4. The maximum absolute atomic E-state index is 5.46. The molecule has 2 aromatic rings. The van der Waals surface area contributed by atoms with Crippen molar-refractivity contribution in [3.8, 4) is 17.2 Å². The summed E-state index contributed by atoms with van der Waals surface area (Å²) in [6.45, 7) is 0.542. The lowest BCUT2D eigenvalue weighted by Crippen LogP contribution is -2.04. The second-order valence-corrected chi connectivity index (χ2v) is 3.11. The lowest BCUT2D eigenvalue weighted by Gasteiger charge is -2.02. The molecular weight excluding hydrogens is 208 g/mol. The molecule has 0 aliphatic rings. The fourth-order valence-electron chi connectivity index (χ4n) is 1.30. The van der Waals surface area contributed by atoms with Crippen LogP contribution >= 0.6 is 0 Å². The molecule has 2 aromatic heterocycles. The molecule has 0 atom stereocenters. The van der Waals surface area contributed by atoms with E-state index >= 15 is 0 Å². The van der Waals surface area contributed by atoms with Crippen molar-refractivity contribution >= 4 is 0 Å². The highest BCUT2D eigenvalue weighted by atomic mass is 16.5. The number of pyridine rings is 1. The predicted molar refractivity (Wildman–Crippen MR) is 56.8 cm³/mol. The van der Waals surface area contributed by atoms with Crippen molar-refractivity contribution in [3.05, 3.63) is 24.4 Å². The van der Waals surface area contributed by atoms with Gasteiger partial charge in [0, 0.05) is 6.20 Å². The average molecular weight is 220 g/mol. The van der Waals surface area contributed by atoms with Crippen molar-refractivity contribution in [2.75, 3.05) is 14.2 Å². The minimum absolute atomic E-state index is 0.435. The molecule has 16 heavy (non-hydrogen) atoms. The smallest absolute Gasteiger partial charge is 0.251 e. The van der Waals surface area contributed by atoms with Gasteiger partial charge in [0.25, 0.3) is 5.89 Å². The van der Waals surface area contributed by atoms with Gasteiger partial charge < -0.3 is 14.5 Å². The van der Waals surface area contributed by atoms with E-state index in [-0.39, 0.29) is 0 Å². The minimum Gasteiger partial charge on any atom is -0.494 e. The summed E-state index contributed by atoms with van der Waals surface area (Å²) in [7, 11) is 3.39. The summed E-state index contributed by atoms with van der Waals surface area (Å²) in [5.74, 6) is 1.59. The van der Waals surface area contributed by atoms with E-state index in [1.54, 1.807) is 25.6 Å². The van der Waals surface area contributed by atoms with E-state index in [2.05, 4.69) is 20.5 Å². The molecule has 0 aliphatic heterocycles. The van der Waals surface area contributed by atoms with Crippen LogP contribution in [0, 0.1) is 0 Å². The first kappa shape index (κ1) is 10.6. The molecule has 6 heteroatoms. The lowest BCUT2D eigenvalue weighted by molar-refractivity contribution is 0.411. The quantitative estimate of drug-likeness (QED) is 0.823. The standard InChI is InChI=1S/C10H12N4O2/c1-11-6-9-13-14-10(16-9)7-3-4-12-5-8(7)15-2/h3-5,11H,6H2,1-2H3. The van der Waals surface area contributed by atoms with Gasteiger partial charge in [-0.05, 0) is 13.1 Å². The summed E-state index contributed by atoms with van der Waals surface area (Å²) in [4.78, 5) is 3.96. The second kappa shape index (κ2) is 4.71. The van der Waals surface area contributed by atoms with Gasteiger partial charge in [-0.3, -0.25) is 4.98 Å². The van der Waals surface area contributed by atoms with Gasteiger partial charge in [0.15, 0.2) is 0 Å². The number of nitrogens with zero attached hydrogens (tertiary/aromatic N) is 3. The maximum Gasteiger partial charge on any atom is 0.251 e. The largest absolute Gasteiger partial charge is 0.494 e. The van der Waals surface area contributed by atoms with Crippen LogP contribution < -0.4 is 10.1 Å². The molecule has 0 aromatic carbocycles. The van der Waals surface area contributed by atoms with Crippen LogP contribution in [0.25, 0.3) is 11.5 Å². The summed E-state index contributed by atoms with van der Waals surface area (Å²) in [5.41, 5.74) is 0.743. The van der Waals surface area contributed by atoms with Crippen molar-refractivity contribution in [2.24, 2.45) is 0 Å². The first-order chi connectivity index (χ1) is 7.85. The summed E-state index contributed by atoms with van der Waals surface area (Å²) in [5, 5.41) is 10.8. The van der Waals surface area contributed by atoms with Crippen LogP contribution in [0.1, 0.15) is 5.89 Å². The van der Waals surface area contributed by atoms with Crippen LogP contribution in [0.4, 0.5) is 0 Å². The molecule has 0 saturated carbocycles. The molecule has 0 amide bonds. The molecule has 2 heterocycles. The van der Waals surface area contributed by atoms with Gasteiger partial charge in [0.1, 0.15) is 5.75 Å². The molecule has 0 saturated heterocycles. The highest BCUT2D eigenvalue weighted by molar-refractivity contribution is 5.60. The fraction of sp³-hybridized carbons (Fsp3) is 0.300. The fourth-order valence-corrected chi connectivity index (χ4v) is 1.30. The van der Waals surface area contributed by atoms with E-state index in [0.29, 0.717) is 24.1 Å². The Bertz CT molecular complexity index is 469. The van der Waals surface area contributed by atoms with Crippen LogP contribution in [0.15, 0.2) is 22.9 Å². The van der Waals surface area contributed by atoms with Crippen molar-refractivity contribution in [1.82, 2.24) is 20.5 Å². The number of hydrogen-bond acceptors (Lipinski definition) is 6. The molecule has 0 radical (unpaired) electrons. The third kappa shape index (κ3) is 2.01. The highest BCUT2D eigenvalue weighted by Gasteiger charge is 2.12. The van der Waals surface area contributed by atoms with Crippen LogP contribution in [-0.4, -0.2) is 29.3 Å². The molecule has 0 fully saturated rings. The van der Waals surface area contributed by atoms with Gasteiger partial charge >= 0.3 is 0 Å². The Balaban J connectivity index is 2.34. The summed E-state index contributed by atoms with van der Waals surface area (Å²) in [6, 6.07) is 1.77. The molecule has 2 rings (SSSR count). The van der Waals surface area contributed by atoms with Gasteiger partial charge in [-0.15, -0.1) is 10.2 Å². The van der Waals surface area contributed by atoms with Crippen molar-refractivity contribution in [3.63, 3.8) is 0 Å². The lowest BCUT2D eigenvalue weighted by atomic mass is 10.2. The zero-order valence-corrected chi connectivity index (χ0v) is 9.10. The Morgan fingerprint density at radius 3 is 3.06 bits per heavy atom. The predicted octanol–water partition coefficient (Wildman–Crippen LogP) is 0.860. The van der Waals surface area contributed by atoms with E-state index in [9.17, 15) is 0 Å². The second-order valence-electron chi connectivity index (χ2n) is 3.11. The minimum atomic E-state index is 0.435. The SMILES string of the molecule is CNCc1nnc(-c2ccncc2OC)o1. The van der Waals surface area contributed by atoms with Crippen molar-refractivity contribution in [1.29, 1.82) is 0 Å². The van der Waals surface area contributed by atoms with Gasteiger partial charge in [0.05, 0.1) is 25.4 Å². The zero-order chi connectivity index (χ0) is 11.4. The number of aromatic nitrogens is 3. The van der Waals surface area contributed by atoms with E-state index in [1.165, 1.54) is 0 Å². The summed E-state index contributed by atoms with van der Waals surface area (Å²) >= 11 is 0. The number of hydrogen-bond donors (Lipinski definition) is 1. The summed E-state index contributed by atoms with van der Waals surface area (Å²) < 4.78 is 10.6. The number of nitrogens with one attached hydrogen (secondary N) is 1. The van der Waals surface area contributed by atoms with Gasteiger partial charge in [-0.2, -0.15) is 0 Å². The maximum atomic E-state index is 5.46. The molecule has 6 nitrogen and oxygen atoms in total. The van der Waals surface area contributed by atoms with Gasteiger partial charge in [-0.25, -0.2) is 0 Å². The van der Waals surface area contributed by atoms with Crippen LogP contribution in [-0.2, 0) is 6.54 Å². The van der Waals surface area contributed by atoms with Crippen LogP contribution in [0.3, 0.4) is 0 Å². The Morgan fingerprint density at radius 1 is 1.44 bits per heavy atom. The van der Waals surface area contributed by atoms with Crippen molar-refractivity contribution in [2.45, 2.75) is 6.54 Å².